The number of ether oxygens (including phenoxy) is 1. The fourth-order valence-corrected chi connectivity index (χ4v) is 2.34. The first-order valence-corrected chi connectivity index (χ1v) is 6.61. The lowest BCUT2D eigenvalue weighted by molar-refractivity contribution is 0.0130. The molecule has 1 fully saturated rings. The van der Waals surface area contributed by atoms with Gasteiger partial charge in [0.2, 0.25) is 0 Å². The maximum Gasteiger partial charge on any atom is 0.170 e. The summed E-state index contributed by atoms with van der Waals surface area (Å²) in [4.78, 5) is 0. The molecule has 5 heteroatoms. The van der Waals surface area contributed by atoms with E-state index in [1.165, 1.54) is 0 Å². The number of nitrogens with one attached hydrogen (secondary N) is 1. The number of hydrogen-bond acceptors (Lipinski definition) is 4. The lowest BCUT2D eigenvalue weighted by Crippen LogP contribution is -2.37. The Kier molecular flexibility index (Phi) is 4.76. The molecule has 104 valence electrons. The van der Waals surface area contributed by atoms with Gasteiger partial charge in [0.25, 0.3) is 0 Å². The van der Waals surface area contributed by atoms with Crippen molar-refractivity contribution in [2.45, 2.75) is 38.5 Å². The van der Waals surface area contributed by atoms with Gasteiger partial charge in [-0.05, 0) is 31.4 Å². The van der Waals surface area contributed by atoms with E-state index in [1.807, 2.05) is 24.3 Å². The van der Waals surface area contributed by atoms with Gasteiger partial charge in [-0.25, -0.2) is 0 Å². The summed E-state index contributed by atoms with van der Waals surface area (Å²) in [5.74, 6) is 0.140. The molecule has 1 aliphatic rings. The number of amidine groups is 1. The van der Waals surface area contributed by atoms with E-state index in [0.717, 1.165) is 37.1 Å². The highest BCUT2D eigenvalue weighted by atomic mass is 16.5. The maximum absolute atomic E-state index is 8.68. The first-order chi connectivity index (χ1) is 9.19. The van der Waals surface area contributed by atoms with Crippen LogP contribution in [0.15, 0.2) is 29.4 Å². The molecule has 0 saturated carbocycles. The van der Waals surface area contributed by atoms with Crippen LogP contribution >= 0.6 is 0 Å². The molecule has 0 aliphatic carbocycles. The largest absolute Gasteiger partial charge is 0.409 e. The normalized spacial score (nSPS) is 24.4. The van der Waals surface area contributed by atoms with Crippen molar-refractivity contribution < 1.29 is 9.94 Å². The number of hydrogen-bond donors (Lipinski definition) is 3. The third kappa shape index (κ3) is 3.94. The van der Waals surface area contributed by atoms with E-state index in [0.29, 0.717) is 12.1 Å². The van der Waals surface area contributed by atoms with Crippen molar-refractivity contribution in [2.75, 3.05) is 6.61 Å². The second-order valence-electron chi connectivity index (χ2n) is 4.97. The monoisotopic (exact) mass is 263 g/mol. The van der Waals surface area contributed by atoms with Crippen LogP contribution in [-0.4, -0.2) is 29.8 Å². The van der Waals surface area contributed by atoms with Crippen LogP contribution in [0.2, 0.25) is 0 Å². The zero-order valence-corrected chi connectivity index (χ0v) is 11.2. The highest BCUT2D eigenvalue weighted by Gasteiger charge is 2.18. The molecule has 2 atom stereocenters. The summed E-state index contributed by atoms with van der Waals surface area (Å²) in [6.07, 6.45) is 2.42. The van der Waals surface area contributed by atoms with Crippen molar-refractivity contribution in [3.8, 4) is 0 Å². The van der Waals surface area contributed by atoms with Gasteiger partial charge in [0.1, 0.15) is 0 Å². The van der Waals surface area contributed by atoms with E-state index in [4.69, 9.17) is 15.7 Å². The zero-order valence-electron chi connectivity index (χ0n) is 11.2. The number of nitrogens with two attached hydrogens (primary N) is 1. The predicted octanol–water partition coefficient (Wildman–Crippen LogP) is 1.44. The smallest absolute Gasteiger partial charge is 0.170 e. The molecule has 1 aromatic rings. The molecule has 1 saturated heterocycles. The summed E-state index contributed by atoms with van der Waals surface area (Å²) in [7, 11) is 0. The van der Waals surface area contributed by atoms with E-state index in [1.54, 1.807) is 0 Å². The Morgan fingerprint density at radius 1 is 1.58 bits per heavy atom. The Bertz CT molecular complexity index is 448. The van der Waals surface area contributed by atoms with Crippen LogP contribution in [0.4, 0.5) is 0 Å². The molecule has 5 nitrogen and oxygen atoms in total. The second kappa shape index (κ2) is 6.54. The first kappa shape index (κ1) is 13.8. The molecule has 0 bridgehead atoms. The number of oxime groups is 1. The van der Waals surface area contributed by atoms with Gasteiger partial charge in [0.05, 0.1) is 6.10 Å². The molecule has 0 spiro atoms. The Morgan fingerprint density at radius 3 is 3.16 bits per heavy atom. The number of benzene rings is 1. The molecule has 4 N–H and O–H groups in total. The van der Waals surface area contributed by atoms with Gasteiger partial charge in [-0.1, -0.05) is 23.4 Å². The summed E-state index contributed by atoms with van der Waals surface area (Å²) in [6, 6.07) is 8.21. The maximum atomic E-state index is 8.68. The minimum absolute atomic E-state index is 0.140. The highest BCUT2D eigenvalue weighted by molar-refractivity contribution is 5.97. The Labute approximate surface area is 113 Å². The molecule has 1 aliphatic heterocycles. The van der Waals surface area contributed by atoms with Crippen LogP contribution in [0.25, 0.3) is 0 Å². The second-order valence-corrected chi connectivity index (χ2v) is 4.97. The SMILES string of the molecule is CC1CC(NCc2cccc(/C(N)=N/O)c2)CCO1. The summed E-state index contributed by atoms with van der Waals surface area (Å²) >= 11 is 0. The first-order valence-electron chi connectivity index (χ1n) is 6.61. The van der Waals surface area contributed by atoms with Gasteiger partial charge >= 0.3 is 0 Å². The minimum Gasteiger partial charge on any atom is -0.409 e. The Balaban J connectivity index is 1.92. The van der Waals surface area contributed by atoms with E-state index >= 15 is 0 Å². The van der Waals surface area contributed by atoms with Gasteiger partial charge in [-0.2, -0.15) is 0 Å². The molecule has 0 aromatic heterocycles. The van der Waals surface area contributed by atoms with Crippen LogP contribution in [0.3, 0.4) is 0 Å². The van der Waals surface area contributed by atoms with Crippen LogP contribution < -0.4 is 11.1 Å². The third-order valence-corrected chi connectivity index (χ3v) is 3.41. The molecular formula is C14H21N3O2. The van der Waals surface area contributed by atoms with Gasteiger partial charge < -0.3 is 21.0 Å². The number of nitrogens with zero attached hydrogens (tertiary/aromatic N) is 1. The van der Waals surface area contributed by atoms with Crippen LogP contribution in [-0.2, 0) is 11.3 Å². The topological polar surface area (TPSA) is 79.9 Å². The minimum atomic E-state index is 0.140. The predicted molar refractivity (Wildman–Crippen MR) is 74.2 cm³/mol. The molecule has 19 heavy (non-hydrogen) atoms. The van der Waals surface area contributed by atoms with Crippen molar-refractivity contribution >= 4 is 5.84 Å². The average molecular weight is 263 g/mol. The summed E-state index contributed by atoms with van der Waals surface area (Å²) in [5.41, 5.74) is 7.45. The third-order valence-electron chi connectivity index (χ3n) is 3.41. The fraction of sp³-hybridized carbons (Fsp3) is 0.500. The van der Waals surface area contributed by atoms with E-state index in [2.05, 4.69) is 17.4 Å². The molecule has 1 heterocycles. The summed E-state index contributed by atoms with van der Waals surface area (Å²) in [6.45, 7) is 3.71. The number of rotatable bonds is 4. The van der Waals surface area contributed by atoms with Crippen molar-refractivity contribution in [2.24, 2.45) is 10.9 Å². The van der Waals surface area contributed by atoms with E-state index in [-0.39, 0.29) is 5.84 Å². The lowest BCUT2D eigenvalue weighted by Gasteiger charge is -2.28. The van der Waals surface area contributed by atoms with Crippen LogP contribution in [0.5, 0.6) is 0 Å². The fourth-order valence-electron chi connectivity index (χ4n) is 2.34. The quantitative estimate of drug-likeness (QED) is 0.332. The summed E-state index contributed by atoms with van der Waals surface area (Å²) < 4.78 is 5.53. The lowest BCUT2D eigenvalue weighted by atomic mass is 10.0. The average Bonchev–Trinajstić information content (AvgIpc) is 2.45. The van der Waals surface area contributed by atoms with Gasteiger partial charge in [-0.3, -0.25) is 0 Å². The van der Waals surface area contributed by atoms with Crippen molar-refractivity contribution in [1.29, 1.82) is 0 Å². The molecular weight excluding hydrogens is 242 g/mol. The van der Waals surface area contributed by atoms with Crippen molar-refractivity contribution in [3.63, 3.8) is 0 Å². The van der Waals surface area contributed by atoms with Gasteiger partial charge in [0.15, 0.2) is 5.84 Å². The van der Waals surface area contributed by atoms with E-state index < -0.39 is 0 Å². The van der Waals surface area contributed by atoms with Gasteiger partial charge in [-0.15, -0.1) is 0 Å². The molecule has 0 radical (unpaired) electrons. The van der Waals surface area contributed by atoms with Crippen molar-refractivity contribution in [1.82, 2.24) is 5.32 Å². The summed E-state index contributed by atoms with van der Waals surface area (Å²) in [5, 5.41) is 15.2. The Hall–Kier alpha value is -1.59. The standard InChI is InChI=1S/C14H21N3O2/c1-10-7-13(5-6-19-10)16-9-11-3-2-4-12(8-11)14(15)17-18/h2-4,8,10,13,16,18H,5-7,9H2,1H3,(H2,15,17). The van der Waals surface area contributed by atoms with Crippen LogP contribution in [0, 0.1) is 0 Å². The Morgan fingerprint density at radius 2 is 2.42 bits per heavy atom. The molecule has 1 aromatic carbocycles. The van der Waals surface area contributed by atoms with Gasteiger partial charge in [0, 0.05) is 24.8 Å². The molecule has 2 unspecified atom stereocenters. The van der Waals surface area contributed by atoms with E-state index in [9.17, 15) is 0 Å². The van der Waals surface area contributed by atoms with Crippen LogP contribution in [0.1, 0.15) is 30.9 Å². The molecule has 2 rings (SSSR count). The molecule has 0 amide bonds. The van der Waals surface area contributed by atoms with Crippen molar-refractivity contribution in [3.05, 3.63) is 35.4 Å². The highest BCUT2D eigenvalue weighted by Crippen LogP contribution is 2.14. The zero-order chi connectivity index (χ0) is 13.7.